The van der Waals surface area contributed by atoms with Crippen LogP contribution < -0.4 is 4.74 Å². The van der Waals surface area contributed by atoms with Crippen molar-refractivity contribution >= 4 is 6.29 Å². The van der Waals surface area contributed by atoms with Crippen LogP contribution in [0, 0.1) is 11.3 Å². The molecule has 0 spiro atoms. The minimum atomic E-state index is -0.0481. The van der Waals surface area contributed by atoms with E-state index < -0.39 is 0 Å². The summed E-state index contributed by atoms with van der Waals surface area (Å²) in [6.07, 6.45) is 4.24. The van der Waals surface area contributed by atoms with Crippen LogP contribution in [0.15, 0.2) is 24.3 Å². The number of fused-ring (bicyclic) bond motifs is 1. The fourth-order valence-electron chi connectivity index (χ4n) is 2.46. The van der Waals surface area contributed by atoms with Crippen LogP contribution >= 0.6 is 0 Å². The molecule has 1 aromatic carbocycles. The molecule has 1 aromatic rings. The Kier molecular flexibility index (Phi) is 1.84. The van der Waals surface area contributed by atoms with Crippen LogP contribution in [0.4, 0.5) is 0 Å². The molecule has 0 N–H and O–H groups in total. The van der Waals surface area contributed by atoms with E-state index in [1.165, 1.54) is 5.56 Å². The first kappa shape index (κ1) is 8.96. The molecular weight excluding hydrogens is 188 g/mol. The Hall–Kier alpha value is -1.31. The normalized spacial score (nSPS) is 26.3. The molecule has 1 fully saturated rings. The zero-order valence-corrected chi connectivity index (χ0v) is 8.61. The largest absolute Gasteiger partial charge is 0.493 e. The summed E-state index contributed by atoms with van der Waals surface area (Å²) in [5, 5.41) is 0. The fraction of sp³-hybridized carbons (Fsp3) is 0.462. The third-order valence-corrected chi connectivity index (χ3v) is 3.75. The van der Waals surface area contributed by atoms with E-state index in [2.05, 4.69) is 6.07 Å². The van der Waals surface area contributed by atoms with Crippen LogP contribution in [0.2, 0.25) is 0 Å². The molecule has 2 heteroatoms. The molecule has 0 saturated heterocycles. The van der Waals surface area contributed by atoms with Gasteiger partial charge in [0.15, 0.2) is 0 Å². The van der Waals surface area contributed by atoms with Crippen molar-refractivity contribution in [1.29, 1.82) is 0 Å². The van der Waals surface area contributed by atoms with E-state index >= 15 is 0 Å². The predicted molar refractivity (Wildman–Crippen MR) is 56.9 cm³/mol. The summed E-state index contributed by atoms with van der Waals surface area (Å²) in [6.45, 7) is 0.704. The molecule has 1 aliphatic heterocycles. The highest BCUT2D eigenvalue weighted by Crippen LogP contribution is 2.52. The van der Waals surface area contributed by atoms with Gasteiger partial charge in [-0.3, -0.25) is 0 Å². The lowest BCUT2D eigenvalue weighted by Gasteiger charge is -2.28. The number of ether oxygens (including phenoxy) is 1. The first-order valence-corrected chi connectivity index (χ1v) is 5.51. The van der Waals surface area contributed by atoms with Crippen molar-refractivity contribution in [2.24, 2.45) is 11.3 Å². The highest BCUT2D eigenvalue weighted by Gasteiger charge is 2.50. The average Bonchev–Trinajstić information content (AvgIpc) is 3.09. The Morgan fingerprint density at radius 2 is 2.13 bits per heavy atom. The minimum absolute atomic E-state index is 0.0481. The van der Waals surface area contributed by atoms with Crippen molar-refractivity contribution in [3.8, 4) is 5.75 Å². The number of rotatable bonds is 2. The molecule has 1 heterocycles. The standard InChI is InChI=1S/C13H14O2/c14-9-13(5-6-13)11-7-10-3-1-2-4-12(10)15-8-11/h1-4,9,11H,5-8H2. The van der Waals surface area contributed by atoms with Gasteiger partial charge in [0.25, 0.3) is 0 Å². The number of carbonyl (C=O) groups is 1. The molecule has 3 rings (SSSR count). The smallest absolute Gasteiger partial charge is 0.126 e. The molecule has 0 amide bonds. The second-order valence-electron chi connectivity index (χ2n) is 4.67. The number of aldehydes is 1. The van der Waals surface area contributed by atoms with Crippen molar-refractivity contribution in [3.05, 3.63) is 29.8 Å². The van der Waals surface area contributed by atoms with Gasteiger partial charge in [0.05, 0.1) is 6.61 Å². The highest BCUT2D eigenvalue weighted by atomic mass is 16.5. The Balaban J connectivity index is 1.86. The van der Waals surface area contributed by atoms with Gasteiger partial charge in [-0.15, -0.1) is 0 Å². The maximum Gasteiger partial charge on any atom is 0.126 e. The third-order valence-electron chi connectivity index (χ3n) is 3.75. The SMILES string of the molecule is O=CC1(C2COc3ccccc3C2)CC1. The van der Waals surface area contributed by atoms with E-state index in [1.807, 2.05) is 18.2 Å². The van der Waals surface area contributed by atoms with Gasteiger partial charge in [0.1, 0.15) is 12.0 Å². The molecule has 1 atom stereocenters. The van der Waals surface area contributed by atoms with Crippen molar-refractivity contribution in [3.63, 3.8) is 0 Å². The van der Waals surface area contributed by atoms with E-state index in [4.69, 9.17) is 4.74 Å². The fourth-order valence-corrected chi connectivity index (χ4v) is 2.46. The molecule has 1 aliphatic carbocycles. The third kappa shape index (κ3) is 1.36. The molecule has 0 bridgehead atoms. The monoisotopic (exact) mass is 202 g/mol. The van der Waals surface area contributed by atoms with Gasteiger partial charge >= 0.3 is 0 Å². The molecule has 2 nitrogen and oxygen atoms in total. The number of carbonyl (C=O) groups excluding carboxylic acids is 1. The van der Waals surface area contributed by atoms with E-state index in [0.717, 1.165) is 31.3 Å². The van der Waals surface area contributed by atoms with Gasteiger partial charge in [-0.05, 0) is 30.9 Å². The zero-order chi connectivity index (χ0) is 10.3. The van der Waals surface area contributed by atoms with Crippen molar-refractivity contribution in [1.82, 2.24) is 0 Å². The lowest BCUT2D eigenvalue weighted by Crippen LogP contribution is -2.30. The number of para-hydroxylation sites is 1. The first-order valence-electron chi connectivity index (χ1n) is 5.51. The molecule has 15 heavy (non-hydrogen) atoms. The summed E-state index contributed by atoms with van der Waals surface area (Å²) in [5.41, 5.74) is 1.20. The number of hydrogen-bond donors (Lipinski definition) is 0. The van der Waals surface area contributed by atoms with Gasteiger partial charge in [-0.1, -0.05) is 18.2 Å². The van der Waals surface area contributed by atoms with Crippen LogP contribution in [0.3, 0.4) is 0 Å². The maximum absolute atomic E-state index is 11.0. The second-order valence-corrected chi connectivity index (χ2v) is 4.67. The van der Waals surface area contributed by atoms with Gasteiger partial charge < -0.3 is 9.53 Å². The van der Waals surface area contributed by atoms with Gasteiger partial charge in [-0.25, -0.2) is 0 Å². The van der Waals surface area contributed by atoms with Gasteiger partial charge in [0, 0.05) is 11.3 Å². The van der Waals surface area contributed by atoms with Crippen molar-refractivity contribution < 1.29 is 9.53 Å². The zero-order valence-electron chi connectivity index (χ0n) is 8.61. The molecule has 0 radical (unpaired) electrons. The predicted octanol–water partition coefficient (Wildman–Crippen LogP) is 2.22. The van der Waals surface area contributed by atoms with Crippen LogP contribution in [0.1, 0.15) is 18.4 Å². The van der Waals surface area contributed by atoms with Crippen LogP contribution in [0.25, 0.3) is 0 Å². The first-order chi connectivity index (χ1) is 7.34. The molecule has 2 aliphatic rings. The molecule has 0 aromatic heterocycles. The topological polar surface area (TPSA) is 26.3 Å². The van der Waals surface area contributed by atoms with Crippen LogP contribution in [-0.4, -0.2) is 12.9 Å². The van der Waals surface area contributed by atoms with Crippen LogP contribution in [0.5, 0.6) is 5.75 Å². The van der Waals surface area contributed by atoms with E-state index in [9.17, 15) is 4.79 Å². The van der Waals surface area contributed by atoms with Crippen LogP contribution in [-0.2, 0) is 11.2 Å². The highest BCUT2D eigenvalue weighted by molar-refractivity contribution is 5.64. The Morgan fingerprint density at radius 3 is 2.87 bits per heavy atom. The quantitative estimate of drug-likeness (QED) is 0.687. The summed E-state index contributed by atoms with van der Waals surface area (Å²) in [7, 11) is 0. The molecular formula is C13H14O2. The number of hydrogen-bond acceptors (Lipinski definition) is 2. The van der Waals surface area contributed by atoms with Crippen molar-refractivity contribution in [2.75, 3.05) is 6.61 Å². The Morgan fingerprint density at radius 1 is 1.33 bits per heavy atom. The summed E-state index contributed by atoms with van der Waals surface area (Å²) in [6, 6.07) is 8.13. The Bertz CT molecular complexity index is 393. The summed E-state index contributed by atoms with van der Waals surface area (Å²) >= 11 is 0. The second kappa shape index (κ2) is 3.09. The van der Waals surface area contributed by atoms with E-state index in [0.29, 0.717) is 12.5 Å². The molecule has 1 saturated carbocycles. The van der Waals surface area contributed by atoms with E-state index in [-0.39, 0.29) is 5.41 Å². The van der Waals surface area contributed by atoms with Gasteiger partial charge in [0.2, 0.25) is 0 Å². The average molecular weight is 202 g/mol. The van der Waals surface area contributed by atoms with Crippen molar-refractivity contribution in [2.45, 2.75) is 19.3 Å². The van der Waals surface area contributed by atoms with Gasteiger partial charge in [-0.2, -0.15) is 0 Å². The summed E-state index contributed by atoms with van der Waals surface area (Å²) in [5.74, 6) is 1.39. The minimum Gasteiger partial charge on any atom is -0.493 e. The summed E-state index contributed by atoms with van der Waals surface area (Å²) in [4.78, 5) is 11.0. The number of benzene rings is 1. The molecule has 78 valence electrons. The lowest BCUT2D eigenvalue weighted by atomic mass is 9.84. The van der Waals surface area contributed by atoms with E-state index in [1.54, 1.807) is 0 Å². The molecule has 1 unspecified atom stereocenters. The summed E-state index contributed by atoms with van der Waals surface area (Å²) < 4.78 is 5.71. The Labute approximate surface area is 89.2 Å². The lowest BCUT2D eigenvalue weighted by molar-refractivity contribution is -0.114. The maximum atomic E-state index is 11.0.